The highest BCUT2D eigenvalue weighted by Crippen LogP contribution is 2.23. The number of carbonyl (C=O) groups is 1. The average molecular weight is 349 g/mol. The van der Waals surface area contributed by atoms with Crippen LogP contribution in [-0.2, 0) is 6.42 Å². The fourth-order valence-electron chi connectivity index (χ4n) is 2.21. The minimum absolute atomic E-state index is 0.0981. The Labute approximate surface area is 129 Å². The van der Waals surface area contributed by atoms with E-state index in [1.54, 1.807) is 18.3 Å². The topological polar surface area (TPSA) is 32.9 Å². The standard InChI is InChI=1S/C16H11BrClNO/c17-11-3-6-13-14(9-19-15(13)8-11)16(20)7-10-1-4-12(18)5-2-10/h1-6,8-9,19H,7H2. The van der Waals surface area contributed by atoms with E-state index >= 15 is 0 Å². The molecule has 0 radical (unpaired) electrons. The maximum atomic E-state index is 12.4. The van der Waals surface area contributed by atoms with Crippen molar-refractivity contribution < 1.29 is 4.79 Å². The van der Waals surface area contributed by atoms with Gasteiger partial charge in [0.15, 0.2) is 5.78 Å². The van der Waals surface area contributed by atoms with Crippen LogP contribution in [-0.4, -0.2) is 10.8 Å². The molecule has 1 aromatic heterocycles. The third-order valence-corrected chi connectivity index (χ3v) is 3.97. The molecule has 3 rings (SSSR count). The Balaban J connectivity index is 1.91. The van der Waals surface area contributed by atoms with Crippen molar-refractivity contribution in [3.05, 3.63) is 69.3 Å². The summed E-state index contributed by atoms with van der Waals surface area (Å²) in [4.78, 5) is 15.5. The van der Waals surface area contributed by atoms with Gasteiger partial charge in [-0.2, -0.15) is 0 Å². The molecule has 0 atom stereocenters. The summed E-state index contributed by atoms with van der Waals surface area (Å²) in [7, 11) is 0. The van der Waals surface area contributed by atoms with Crippen LogP contribution in [0.15, 0.2) is 53.1 Å². The highest BCUT2D eigenvalue weighted by molar-refractivity contribution is 9.10. The molecular formula is C16H11BrClNO. The maximum absolute atomic E-state index is 12.4. The molecular weight excluding hydrogens is 338 g/mol. The van der Waals surface area contributed by atoms with Crippen molar-refractivity contribution in [2.24, 2.45) is 0 Å². The lowest BCUT2D eigenvalue weighted by Crippen LogP contribution is -2.02. The molecule has 1 N–H and O–H groups in total. The van der Waals surface area contributed by atoms with E-state index < -0.39 is 0 Å². The van der Waals surface area contributed by atoms with Gasteiger partial charge in [-0.15, -0.1) is 0 Å². The Morgan fingerprint density at radius 1 is 1.15 bits per heavy atom. The van der Waals surface area contributed by atoms with E-state index in [1.165, 1.54) is 0 Å². The first-order valence-electron chi connectivity index (χ1n) is 6.18. The van der Waals surface area contributed by atoms with Crippen LogP contribution in [0.25, 0.3) is 10.9 Å². The number of rotatable bonds is 3. The van der Waals surface area contributed by atoms with Crippen LogP contribution in [0.3, 0.4) is 0 Å². The number of aromatic amines is 1. The van der Waals surface area contributed by atoms with Gasteiger partial charge >= 0.3 is 0 Å². The van der Waals surface area contributed by atoms with Gasteiger partial charge in [0, 0.05) is 38.6 Å². The van der Waals surface area contributed by atoms with E-state index in [4.69, 9.17) is 11.6 Å². The first kappa shape index (κ1) is 13.4. The van der Waals surface area contributed by atoms with Crippen molar-refractivity contribution in [1.29, 1.82) is 0 Å². The van der Waals surface area contributed by atoms with E-state index in [1.807, 2.05) is 30.3 Å². The number of halogens is 2. The third kappa shape index (κ3) is 2.65. The predicted molar refractivity (Wildman–Crippen MR) is 85.5 cm³/mol. The van der Waals surface area contributed by atoms with E-state index in [9.17, 15) is 4.79 Å². The normalized spacial score (nSPS) is 10.9. The van der Waals surface area contributed by atoms with Crippen LogP contribution in [0.2, 0.25) is 5.02 Å². The zero-order valence-electron chi connectivity index (χ0n) is 10.5. The van der Waals surface area contributed by atoms with Crippen molar-refractivity contribution in [3.63, 3.8) is 0 Å². The lowest BCUT2D eigenvalue weighted by atomic mass is 10.0. The molecule has 4 heteroatoms. The largest absolute Gasteiger partial charge is 0.360 e. The molecule has 1 heterocycles. The first-order chi connectivity index (χ1) is 9.63. The van der Waals surface area contributed by atoms with Crippen molar-refractivity contribution in [3.8, 4) is 0 Å². The van der Waals surface area contributed by atoms with Gasteiger partial charge in [0.2, 0.25) is 0 Å². The summed E-state index contributed by atoms with van der Waals surface area (Å²) >= 11 is 9.27. The van der Waals surface area contributed by atoms with E-state index in [0.29, 0.717) is 11.4 Å². The number of Topliss-reactive ketones (excluding diaryl/α,β-unsaturated/α-hetero) is 1. The summed E-state index contributed by atoms with van der Waals surface area (Å²) in [5.74, 6) is 0.0981. The van der Waals surface area contributed by atoms with Gasteiger partial charge in [0.05, 0.1) is 0 Å². The van der Waals surface area contributed by atoms with Crippen molar-refractivity contribution in [2.45, 2.75) is 6.42 Å². The van der Waals surface area contributed by atoms with Crippen LogP contribution in [0, 0.1) is 0 Å². The lowest BCUT2D eigenvalue weighted by Gasteiger charge is -2.01. The zero-order chi connectivity index (χ0) is 14.1. The Bertz CT molecular complexity index is 777. The number of nitrogens with one attached hydrogen (secondary N) is 1. The molecule has 0 aliphatic carbocycles. The lowest BCUT2D eigenvalue weighted by molar-refractivity contribution is 0.0994. The second kappa shape index (κ2) is 5.43. The Morgan fingerprint density at radius 2 is 1.90 bits per heavy atom. The minimum atomic E-state index is 0.0981. The number of hydrogen-bond donors (Lipinski definition) is 1. The molecule has 0 spiro atoms. The predicted octanol–water partition coefficient (Wildman–Crippen LogP) is 5.01. The summed E-state index contributed by atoms with van der Waals surface area (Å²) in [6.07, 6.45) is 2.15. The van der Waals surface area contributed by atoms with Gasteiger partial charge in [0.1, 0.15) is 0 Å². The average Bonchev–Trinajstić information content (AvgIpc) is 2.84. The van der Waals surface area contributed by atoms with Gasteiger partial charge in [-0.3, -0.25) is 4.79 Å². The molecule has 0 aliphatic heterocycles. The van der Waals surface area contributed by atoms with Crippen molar-refractivity contribution >= 4 is 44.2 Å². The maximum Gasteiger partial charge on any atom is 0.169 e. The third-order valence-electron chi connectivity index (χ3n) is 3.22. The highest BCUT2D eigenvalue weighted by Gasteiger charge is 2.12. The zero-order valence-corrected chi connectivity index (χ0v) is 12.8. The second-order valence-electron chi connectivity index (χ2n) is 4.62. The molecule has 0 amide bonds. The van der Waals surface area contributed by atoms with Gasteiger partial charge < -0.3 is 4.98 Å². The quantitative estimate of drug-likeness (QED) is 0.663. The Hall–Kier alpha value is -1.58. The SMILES string of the molecule is O=C(Cc1ccc(Cl)cc1)c1c[nH]c2cc(Br)ccc12. The molecule has 0 saturated carbocycles. The van der Waals surface area contributed by atoms with Gasteiger partial charge in [-0.05, 0) is 29.8 Å². The number of ketones is 1. The second-order valence-corrected chi connectivity index (χ2v) is 5.97. The number of carbonyl (C=O) groups excluding carboxylic acids is 1. The Kier molecular flexibility index (Phi) is 3.64. The van der Waals surface area contributed by atoms with Crippen LogP contribution in [0.1, 0.15) is 15.9 Å². The molecule has 0 unspecified atom stereocenters. The summed E-state index contributed by atoms with van der Waals surface area (Å²) < 4.78 is 0.989. The van der Waals surface area contributed by atoms with Gasteiger partial charge in [-0.1, -0.05) is 45.7 Å². The number of hydrogen-bond acceptors (Lipinski definition) is 1. The first-order valence-corrected chi connectivity index (χ1v) is 7.35. The minimum Gasteiger partial charge on any atom is -0.360 e. The molecule has 0 aliphatic rings. The fourth-order valence-corrected chi connectivity index (χ4v) is 2.70. The van der Waals surface area contributed by atoms with Crippen molar-refractivity contribution in [2.75, 3.05) is 0 Å². The molecule has 3 aromatic rings. The van der Waals surface area contributed by atoms with Gasteiger partial charge in [0.25, 0.3) is 0 Å². The van der Waals surface area contributed by atoms with E-state index in [0.717, 1.165) is 26.5 Å². The van der Waals surface area contributed by atoms with E-state index in [2.05, 4.69) is 20.9 Å². The summed E-state index contributed by atoms with van der Waals surface area (Å²) in [5.41, 5.74) is 2.65. The van der Waals surface area contributed by atoms with Crippen LogP contribution in [0.5, 0.6) is 0 Å². The molecule has 0 fully saturated rings. The molecule has 2 nitrogen and oxygen atoms in total. The molecule has 2 aromatic carbocycles. The van der Waals surface area contributed by atoms with Crippen LogP contribution >= 0.6 is 27.5 Å². The van der Waals surface area contributed by atoms with E-state index in [-0.39, 0.29) is 5.78 Å². The fraction of sp³-hybridized carbons (Fsp3) is 0.0625. The van der Waals surface area contributed by atoms with Crippen LogP contribution in [0.4, 0.5) is 0 Å². The Morgan fingerprint density at radius 3 is 2.65 bits per heavy atom. The molecule has 20 heavy (non-hydrogen) atoms. The highest BCUT2D eigenvalue weighted by atomic mass is 79.9. The summed E-state index contributed by atoms with van der Waals surface area (Å²) in [6, 6.07) is 13.2. The molecule has 100 valence electrons. The van der Waals surface area contributed by atoms with Crippen LogP contribution < -0.4 is 0 Å². The monoisotopic (exact) mass is 347 g/mol. The number of aromatic nitrogens is 1. The number of benzene rings is 2. The molecule has 0 saturated heterocycles. The summed E-state index contributed by atoms with van der Waals surface area (Å²) in [6.45, 7) is 0. The van der Waals surface area contributed by atoms with Crippen molar-refractivity contribution in [1.82, 2.24) is 4.98 Å². The smallest absolute Gasteiger partial charge is 0.169 e. The number of H-pyrrole nitrogens is 1. The summed E-state index contributed by atoms with van der Waals surface area (Å²) in [5, 5.41) is 1.63. The molecule has 0 bridgehead atoms. The van der Waals surface area contributed by atoms with Gasteiger partial charge in [-0.25, -0.2) is 0 Å². The number of fused-ring (bicyclic) bond motifs is 1.